The number of anilines is 1. The van der Waals surface area contributed by atoms with Gasteiger partial charge >= 0.3 is 0 Å². The Morgan fingerprint density at radius 2 is 2.12 bits per heavy atom. The molecule has 0 heterocycles. The molecule has 0 aliphatic carbocycles. The van der Waals surface area contributed by atoms with E-state index in [4.69, 9.17) is 5.14 Å². The number of benzene rings is 1. The van der Waals surface area contributed by atoms with Crippen molar-refractivity contribution in [2.24, 2.45) is 11.1 Å². The van der Waals surface area contributed by atoms with Crippen LogP contribution < -0.4 is 10.5 Å². The molecular formula is C12H20N2O2S. The first-order chi connectivity index (χ1) is 7.93. The van der Waals surface area contributed by atoms with Crippen molar-refractivity contribution in [1.82, 2.24) is 0 Å². The van der Waals surface area contributed by atoms with Crippen molar-refractivity contribution in [2.45, 2.75) is 31.6 Å². The van der Waals surface area contributed by atoms with Crippen LogP contribution in [0.5, 0.6) is 0 Å². The van der Waals surface area contributed by atoms with Gasteiger partial charge in [0.05, 0.1) is 4.90 Å². The molecule has 0 spiro atoms. The van der Waals surface area contributed by atoms with Crippen LogP contribution in [0.15, 0.2) is 29.2 Å². The van der Waals surface area contributed by atoms with Crippen LogP contribution in [0.4, 0.5) is 5.69 Å². The van der Waals surface area contributed by atoms with Crippen molar-refractivity contribution < 1.29 is 8.42 Å². The Morgan fingerprint density at radius 3 is 2.71 bits per heavy atom. The minimum Gasteiger partial charge on any atom is -0.385 e. The summed E-state index contributed by atoms with van der Waals surface area (Å²) in [6.45, 7) is 5.15. The minimum atomic E-state index is -3.61. The van der Waals surface area contributed by atoms with Crippen molar-refractivity contribution >= 4 is 15.7 Å². The molecule has 3 N–H and O–H groups in total. The number of nitrogens with one attached hydrogen (secondary N) is 1. The molecule has 4 nitrogen and oxygen atoms in total. The lowest BCUT2D eigenvalue weighted by atomic mass is 10.1. The van der Waals surface area contributed by atoms with Gasteiger partial charge in [0.1, 0.15) is 0 Å². The standard InChI is InChI=1S/C12H20N2O2S/c1-3-5-10(2)9-14-11-6-4-7-12(8-11)17(13,15)16/h4,6-8,10,14H,3,5,9H2,1-2H3,(H2,13,15,16). The second-order valence-electron chi connectivity index (χ2n) is 4.35. The molecule has 96 valence electrons. The molecule has 0 amide bonds. The summed E-state index contributed by atoms with van der Waals surface area (Å²) in [7, 11) is -3.61. The maximum atomic E-state index is 11.2. The number of hydrogen-bond acceptors (Lipinski definition) is 3. The van der Waals surface area contributed by atoms with E-state index >= 15 is 0 Å². The molecule has 1 unspecified atom stereocenters. The zero-order chi connectivity index (χ0) is 12.9. The number of sulfonamides is 1. The zero-order valence-electron chi connectivity index (χ0n) is 10.3. The Kier molecular flexibility index (Phi) is 4.96. The Bertz CT molecular complexity index is 457. The molecule has 1 aromatic rings. The van der Waals surface area contributed by atoms with E-state index in [0.29, 0.717) is 5.92 Å². The predicted molar refractivity (Wildman–Crippen MR) is 70.4 cm³/mol. The lowest BCUT2D eigenvalue weighted by molar-refractivity contribution is 0.550. The SMILES string of the molecule is CCCC(C)CNc1cccc(S(N)(=O)=O)c1. The smallest absolute Gasteiger partial charge is 0.238 e. The van der Waals surface area contributed by atoms with Crippen molar-refractivity contribution in [1.29, 1.82) is 0 Å². The third kappa shape index (κ3) is 4.75. The van der Waals surface area contributed by atoms with Gasteiger partial charge in [-0.3, -0.25) is 0 Å². The highest BCUT2D eigenvalue weighted by Gasteiger charge is 2.08. The summed E-state index contributed by atoms with van der Waals surface area (Å²) in [5, 5.41) is 8.30. The molecule has 1 aromatic carbocycles. The third-order valence-electron chi connectivity index (χ3n) is 2.60. The second-order valence-corrected chi connectivity index (χ2v) is 5.91. The molecule has 0 saturated heterocycles. The van der Waals surface area contributed by atoms with Crippen LogP contribution in [-0.4, -0.2) is 15.0 Å². The van der Waals surface area contributed by atoms with Gasteiger partial charge in [-0.1, -0.05) is 26.3 Å². The molecule has 5 heteroatoms. The number of primary sulfonamides is 1. The fourth-order valence-corrected chi connectivity index (χ4v) is 2.23. The zero-order valence-corrected chi connectivity index (χ0v) is 11.1. The van der Waals surface area contributed by atoms with Gasteiger partial charge in [-0.05, 0) is 30.5 Å². The van der Waals surface area contributed by atoms with Gasteiger partial charge in [0.25, 0.3) is 0 Å². The first kappa shape index (κ1) is 14.0. The van der Waals surface area contributed by atoms with Crippen molar-refractivity contribution in [3.63, 3.8) is 0 Å². The van der Waals surface area contributed by atoms with E-state index in [2.05, 4.69) is 19.2 Å². The Labute approximate surface area is 103 Å². The average Bonchev–Trinajstić information content (AvgIpc) is 2.26. The van der Waals surface area contributed by atoms with E-state index in [0.717, 1.165) is 25.1 Å². The van der Waals surface area contributed by atoms with Crippen LogP contribution in [-0.2, 0) is 10.0 Å². The summed E-state index contributed by atoms with van der Waals surface area (Å²) in [5.41, 5.74) is 0.791. The monoisotopic (exact) mass is 256 g/mol. The van der Waals surface area contributed by atoms with Crippen LogP contribution in [0.3, 0.4) is 0 Å². The number of hydrogen-bond donors (Lipinski definition) is 2. The van der Waals surface area contributed by atoms with Crippen molar-refractivity contribution in [3.05, 3.63) is 24.3 Å². The molecule has 17 heavy (non-hydrogen) atoms. The van der Waals surface area contributed by atoms with Crippen molar-refractivity contribution in [3.8, 4) is 0 Å². The first-order valence-electron chi connectivity index (χ1n) is 5.80. The van der Waals surface area contributed by atoms with E-state index in [1.54, 1.807) is 12.1 Å². The van der Waals surface area contributed by atoms with Crippen LogP contribution in [0.1, 0.15) is 26.7 Å². The Balaban J connectivity index is 2.67. The van der Waals surface area contributed by atoms with E-state index < -0.39 is 10.0 Å². The van der Waals surface area contributed by atoms with Gasteiger partial charge in [-0.15, -0.1) is 0 Å². The van der Waals surface area contributed by atoms with Gasteiger partial charge in [-0.25, -0.2) is 13.6 Å². The molecule has 0 radical (unpaired) electrons. The third-order valence-corrected chi connectivity index (χ3v) is 3.51. The summed E-state index contributed by atoms with van der Waals surface area (Å²) in [6, 6.07) is 6.59. The van der Waals surface area contributed by atoms with Gasteiger partial charge in [0, 0.05) is 12.2 Å². The van der Waals surface area contributed by atoms with Crippen LogP contribution >= 0.6 is 0 Å². The summed E-state index contributed by atoms with van der Waals surface area (Å²) in [4.78, 5) is 0.144. The van der Waals surface area contributed by atoms with Gasteiger partial charge in [0.2, 0.25) is 10.0 Å². The van der Waals surface area contributed by atoms with E-state index in [1.807, 2.05) is 6.07 Å². The molecule has 0 bridgehead atoms. The highest BCUT2D eigenvalue weighted by molar-refractivity contribution is 7.89. The predicted octanol–water partition coefficient (Wildman–Crippen LogP) is 2.18. The lowest BCUT2D eigenvalue weighted by Gasteiger charge is -2.13. The summed E-state index contributed by atoms with van der Waals surface area (Å²) < 4.78 is 22.4. The second kappa shape index (κ2) is 6.02. The summed E-state index contributed by atoms with van der Waals surface area (Å²) in [6.07, 6.45) is 2.31. The Hall–Kier alpha value is -1.07. The van der Waals surface area contributed by atoms with E-state index in [1.165, 1.54) is 6.07 Å². The van der Waals surface area contributed by atoms with Gasteiger partial charge in [-0.2, -0.15) is 0 Å². The molecule has 1 rings (SSSR count). The number of nitrogens with two attached hydrogens (primary N) is 1. The van der Waals surface area contributed by atoms with Gasteiger partial charge in [0.15, 0.2) is 0 Å². The fourth-order valence-electron chi connectivity index (χ4n) is 1.67. The summed E-state index contributed by atoms with van der Waals surface area (Å²) >= 11 is 0. The molecule has 0 aromatic heterocycles. The summed E-state index contributed by atoms with van der Waals surface area (Å²) in [5.74, 6) is 0.568. The molecule has 0 saturated carbocycles. The lowest BCUT2D eigenvalue weighted by Crippen LogP contribution is -2.14. The molecule has 0 fully saturated rings. The molecule has 1 atom stereocenters. The van der Waals surface area contributed by atoms with Crippen LogP contribution in [0, 0.1) is 5.92 Å². The minimum absolute atomic E-state index is 0.144. The largest absolute Gasteiger partial charge is 0.385 e. The highest BCUT2D eigenvalue weighted by atomic mass is 32.2. The van der Waals surface area contributed by atoms with Crippen molar-refractivity contribution in [2.75, 3.05) is 11.9 Å². The molecular weight excluding hydrogens is 236 g/mol. The van der Waals surface area contributed by atoms with Crippen LogP contribution in [0.25, 0.3) is 0 Å². The van der Waals surface area contributed by atoms with Crippen LogP contribution in [0.2, 0.25) is 0 Å². The maximum Gasteiger partial charge on any atom is 0.238 e. The normalized spacial score (nSPS) is 13.4. The fraction of sp³-hybridized carbons (Fsp3) is 0.500. The molecule has 0 aliphatic rings. The maximum absolute atomic E-state index is 11.2. The van der Waals surface area contributed by atoms with E-state index in [9.17, 15) is 8.42 Å². The average molecular weight is 256 g/mol. The van der Waals surface area contributed by atoms with Gasteiger partial charge < -0.3 is 5.32 Å². The quantitative estimate of drug-likeness (QED) is 0.819. The highest BCUT2D eigenvalue weighted by Crippen LogP contribution is 2.15. The first-order valence-corrected chi connectivity index (χ1v) is 7.35. The number of rotatable bonds is 6. The topological polar surface area (TPSA) is 72.2 Å². The van der Waals surface area contributed by atoms with E-state index in [-0.39, 0.29) is 4.90 Å². The molecule has 0 aliphatic heterocycles. The Morgan fingerprint density at radius 1 is 1.41 bits per heavy atom.